The zero-order valence-electron chi connectivity index (χ0n) is 30.0. The number of ether oxygens (including phenoxy) is 1. The number of hydrogen-bond acceptors (Lipinski definition) is 11. The molecule has 0 aliphatic carbocycles. The minimum absolute atomic E-state index is 0.0460. The number of benzene rings is 3. The van der Waals surface area contributed by atoms with Crippen molar-refractivity contribution in [2.45, 2.75) is 51.3 Å². The van der Waals surface area contributed by atoms with Crippen LogP contribution in [0.4, 0.5) is 10.2 Å². The third kappa shape index (κ3) is 10.4. The Kier molecular flexibility index (Phi) is 13.8. The molecule has 1 amide bonds. The highest BCUT2D eigenvalue weighted by Crippen LogP contribution is 2.41. The first-order chi connectivity index (χ1) is 25.8. The van der Waals surface area contributed by atoms with Crippen molar-refractivity contribution in [3.05, 3.63) is 101 Å². The van der Waals surface area contributed by atoms with E-state index in [4.69, 9.17) is 24.8 Å². The number of nitrogens with zero attached hydrogens (tertiary/aromatic N) is 4. The van der Waals surface area contributed by atoms with Crippen molar-refractivity contribution in [3.63, 3.8) is 0 Å². The Morgan fingerprint density at radius 3 is 2.33 bits per heavy atom. The first kappa shape index (κ1) is 40.5. The van der Waals surface area contributed by atoms with Gasteiger partial charge in [0.2, 0.25) is 0 Å². The van der Waals surface area contributed by atoms with Gasteiger partial charge in [-0.15, -0.1) is 0 Å². The number of hydroxylamine groups is 1. The van der Waals surface area contributed by atoms with Crippen LogP contribution in [-0.2, 0) is 9.59 Å². The van der Waals surface area contributed by atoms with Crippen LogP contribution in [0.5, 0.6) is 11.5 Å². The highest BCUT2D eigenvalue weighted by atomic mass is 19.1. The summed E-state index contributed by atoms with van der Waals surface area (Å²) in [7, 11) is 0. The van der Waals surface area contributed by atoms with Crippen LogP contribution in [0, 0.1) is 28.5 Å². The molecular weight excluding hydrogens is 695 g/mol. The Morgan fingerprint density at radius 1 is 1.09 bits per heavy atom. The Bertz CT molecular complexity index is 2060. The molecule has 1 aromatic heterocycles. The number of carbonyl (C=O) groups excluding carboxylic acids is 1. The van der Waals surface area contributed by atoms with E-state index in [1.54, 1.807) is 49.8 Å². The van der Waals surface area contributed by atoms with Gasteiger partial charge in [-0.05, 0) is 86.2 Å². The van der Waals surface area contributed by atoms with Crippen molar-refractivity contribution in [1.29, 1.82) is 10.5 Å². The predicted molar refractivity (Wildman–Crippen MR) is 199 cm³/mol. The number of phenolic OH excluding ortho intramolecular Hbond substituents is 1. The van der Waals surface area contributed by atoms with Crippen LogP contribution in [0.25, 0.3) is 28.3 Å². The maximum atomic E-state index is 15.0. The van der Waals surface area contributed by atoms with Gasteiger partial charge >= 0.3 is 0 Å². The van der Waals surface area contributed by atoms with E-state index < -0.39 is 17.3 Å². The van der Waals surface area contributed by atoms with Gasteiger partial charge in [-0.3, -0.25) is 14.8 Å². The van der Waals surface area contributed by atoms with Gasteiger partial charge in [0, 0.05) is 48.6 Å². The predicted octanol–water partition coefficient (Wildman–Crippen LogP) is 5.69. The monoisotopic (exact) mass is 736 g/mol. The summed E-state index contributed by atoms with van der Waals surface area (Å²) in [5, 5.41) is 60.0. The largest absolute Gasteiger partial charge is 0.504 e. The second-order valence-corrected chi connectivity index (χ2v) is 13.2. The third-order valence-electron chi connectivity index (χ3n) is 8.65. The molecule has 6 N–H and O–H groups in total. The van der Waals surface area contributed by atoms with E-state index in [0.717, 1.165) is 24.0 Å². The molecule has 14 heteroatoms. The number of anilines is 1. The average molecular weight is 737 g/mol. The number of nitriles is 2. The van der Waals surface area contributed by atoms with Gasteiger partial charge in [-0.1, -0.05) is 36.4 Å². The van der Waals surface area contributed by atoms with E-state index in [2.05, 4.69) is 18.3 Å². The fourth-order valence-corrected chi connectivity index (χ4v) is 6.00. The summed E-state index contributed by atoms with van der Waals surface area (Å²) in [6.45, 7) is 6.18. The van der Waals surface area contributed by atoms with Gasteiger partial charge in [0.25, 0.3) is 12.4 Å². The van der Waals surface area contributed by atoms with Crippen LogP contribution in [-0.4, -0.2) is 69.2 Å². The number of aliphatic hydroxyl groups is 1. The molecular formula is C40H41FN6O7. The lowest BCUT2D eigenvalue weighted by Crippen LogP contribution is -2.43. The van der Waals surface area contributed by atoms with Crippen LogP contribution in [0.2, 0.25) is 0 Å². The fraction of sp³-hybridized carbons (Fsp3) is 0.275. The van der Waals surface area contributed by atoms with Crippen molar-refractivity contribution >= 4 is 24.3 Å². The highest BCUT2D eigenvalue weighted by molar-refractivity contribution is 5.91. The number of piperidine rings is 1. The number of amides is 1. The molecule has 0 saturated carbocycles. The third-order valence-corrected chi connectivity index (χ3v) is 8.65. The van der Waals surface area contributed by atoms with Crippen LogP contribution in [0.3, 0.4) is 0 Å². The Labute approximate surface area is 312 Å². The molecule has 3 aromatic carbocycles. The molecule has 1 unspecified atom stereocenters. The van der Waals surface area contributed by atoms with E-state index in [9.17, 15) is 29.9 Å². The van der Waals surface area contributed by atoms with E-state index in [-0.39, 0.29) is 47.8 Å². The zero-order chi connectivity index (χ0) is 39.4. The van der Waals surface area contributed by atoms with E-state index in [0.29, 0.717) is 41.2 Å². The van der Waals surface area contributed by atoms with Gasteiger partial charge in [0.05, 0.1) is 11.2 Å². The molecule has 2 heterocycles. The number of rotatable bonds is 11. The first-order valence-corrected chi connectivity index (χ1v) is 16.9. The standard InChI is InChI=1S/C39H39FN6O5.CH2O2/c1-24(26-7-4-25(5-8-26)6-13-36(48)45-50)44-30-14-16-46(17-15-30)38-31(21-42)37(28-9-10-29(20-41)33(40)18-28)32(22-43-38)27-11-12-35(34(47)19-27)51-23-39(2,3)49;2-1-3/h4-13,18-19,22,24,30,44,47,49-50H,14-17,23H2,1-3H3,(H,45,48);1H,(H,2,3)/b13-6+;. The highest BCUT2D eigenvalue weighted by Gasteiger charge is 2.27. The fourth-order valence-electron chi connectivity index (χ4n) is 6.00. The average Bonchev–Trinajstić information content (AvgIpc) is 3.16. The van der Waals surface area contributed by atoms with Gasteiger partial charge < -0.3 is 30.3 Å². The van der Waals surface area contributed by atoms with E-state index in [1.165, 1.54) is 24.3 Å². The number of hydrogen-bond donors (Lipinski definition) is 6. The number of aromatic nitrogens is 1. The quantitative estimate of drug-likeness (QED) is 0.0474. The van der Waals surface area contributed by atoms with Crippen LogP contribution in [0.1, 0.15) is 61.9 Å². The molecule has 1 aliphatic heterocycles. The van der Waals surface area contributed by atoms with E-state index >= 15 is 0 Å². The molecule has 54 heavy (non-hydrogen) atoms. The van der Waals surface area contributed by atoms with E-state index in [1.807, 2.05) is 35.2 Å². The molecule has 0 spiro atoms. The second-order valence-electron chi connectivity index (χ2n) is 13.2. The van der Waals surface area contributed by atoms with Crippen molar-refractivity contribution < 1.29 is 39.2 Å². The second kappa shape index (κ2) is 18.4. The molecule has 280 valence electrons. The van der Waals surface area contributed by atoms with Crippen molar-refractivity contribution in [2.75, 3.05) is 24.6 Å². The van der Waals surface area contributed by atoms with Gasteiger partial charge in [-0.2, -0.15) is 10.5 Å². The summed E-state index contributed by atoms with van der Waals surface area (Å²) in [5.41, 5.74) is 4.25. The number of phenols is 1. The summed E-state index contributed by atoms with van der Waals surface area (Å²) >= 11 is 0. The van der Waals surface area contributed by atoms with Crippen molar-refractivity contribution in [1.82, 2.24) is 15.8 Å². The minimum Gasteiger partial charge on any atom is -0.504 e. The molecule has 4 aromatic rings. The molecule has 0 bridgehead atoms. The lowest BCUT2D eigenvalue weighted by molar-refractivity contribution is -0.124. The summed E-state index contributed by atoms with van der Waals surface area (Å²) in [5.74, 6) is -0.877. The number of carbonyl (C=O) groups is 2. The lowest BCUT2D eigenvalue weighted by atomic mass is 9.91. The normalized spacial score (nSPS) is 13.6. The SMILES string of the molecule is CC(NC1CCN(c2ncc(-c3ccc(OCC(C)(C)O)c(O)c3)c(-c3ccc(C#N)c(F)c3)c2C#N)CC1)c1ccc(/C=C/C(=O)NO)cc1.O=CO. The number of pyridine rings is 1. The maximum absolute atomic E-state index is 15.0. The summed E-state index contributed by atoms with van der Waals surface area (Å²) in [6.07, 6.45) is 6.01. The Morgan fingerprint density at radius 2 is 1.76 bits per heavy atom. The van der Waals surface area contributed by atoms with Crippen LogP contribution >= 0.6 is 0 Å². The Hall–Kier alpha value is -6.32. The minimum atomic E-state index is -1.11. The lowest BCUT2D eigenvalue weighted by Gasteiger charge is -2.35. The maximum Gasteiger partial charge on any atom is 0.290 e. The number of aromatic hydroxyl groups is 1. The molecule has 5 rings (SSSR count). The van der Waals surface area contributed by atoms with Gasteiger partial charge in [0.1, 0.15) is 35.9 Å². The summed E-state index contributed by atoms with van der Waals surface area (Å²) < 4.78 is 20.6. The number of nitrogens with one attached hydrogen (secondary N) is 2. The van der Waals surface area contributed by atoms with Crippen molar-refractivity contribution in [2.24, 2.45) is 0 Å². The molecule has 1 atom stereocenters. The van der Waals surface area contributed by atoms with Gasteiger partial charge in [0.15, 0.2) is 11.5 Å². The van der Waals surface area contributed by atoms with Crippen LogP contribution in [0.15, 0.2) is 72.9 Å². The zero-order valence-corrected chi connectivity index (χ0v) is 30.0. The molecule has 13 nitrogen and oxygen atoms in total. The molecule has 1 aliphatic rings. The smallest absolute Gasteiger partial charge is 0.290 e. The molecule has 0 radical (unpaired) electrons. The summed E-state index contributed by atoms with van der Waals surface area (Å²) in [6, 6.07) is 21.1. The topological polar surface area (TPSA) is 212 Å². The van der Waals surface area contributed by atoms with Gasteiger partial charge in [-0.25, -0.2) is 14.9 Å². The van der Waals surface area contributed by atoms with Crippen LogP contribution < -0.4 is 20.4 Å². The molecule has 1 saturated heterocycles. The number of carboxylic acid groups (broad SMARTS) is 1. The first-order valence-electron chi connectivity index (χ1n) is 16.9. The number of halogens is 1. The van der Waals surface area contributed by atoms with Crippen molar-refractivity contribution in [3.8, 4) is 45.9 Å². The summed E-state index contributed by atoms with van der Waals surface area (Å²) in [4.78, 5) is 26.4. The molecule has 1 fully saturated rings. The Balaban J connectivity index is 0.00000209.